The fraction of sp³-hybridized carbons (Fsp3) is 0.600. The van der Waals surface area contributed by atoms with E-state index < -0.39 is 0 Å². The summed E-state index contributed by atoms with van der Waals surface area (Å²) in [7, 11) is 0. The van der Waals surface area contributed by atoms with Crippen molar-refractivity contribution in [3.8, 4) is 5.75 Å². The van der Waals surface area contributed by atoms with E-state index in [0.717, 1.165) is 13.1 Å². The molecule has 1 saturated heterocycles. The third-order valence-corrected chi connectivity index (χ3v) is 3.60. The second kappa shape index (κ2) is 6.30. The van der Waals surface area contributed by atoms with Gasteiger partial charge < -0.3 is 15.0 Å². The van der Waals surface area contributed by atoms with E-state index in [0.29, 0.717) is 17.5 Å². The number of rotatable bonds is 4. The Kier molecular flexibility index (Phi) is 4.67. The van der Waals surface area contributed by atoms with Gasteiger partial charge in [0, 0.05) is 25.2 Å². The average molecular weight is 293 g/mol. The van der Waals surface area contributed by atoms with Crippen LogP contribution < -0.4 is 15.0 Å². The van der Waals surface area contributed by atoms with Crippen LogP contribution in [0.4, 0.5) is 11.4 Å². The summed E-state index contributed by atoms with van der Waals surface area (Å²) in [5, 5.41) is 14.9. The molecule has 0 spiro atoms. The van der Waals surface area contributed by atoms with Crippen LogP contribution in [-0.2, 0) is 0 Å². The Hall–Kier alpha value is -1.82. The quantitative estimate of drug-likeness (QED) is 0.682. The summed E-state index contributed by atoms with van der Waals surface area (Å²) >= 11 is 0. The highest BCUT2D eigenvalue weighted by Crippen LogP contribution is 2.38. The zero-order valence-electron chi connectivity index (χ0n) is 13.0. The molecule has 1 aromatic rings. The first-order valence-electron chi connectivity index (χ1n) is 7.34. The molecule has 1 aliphatic heterocycles. The van der Waals surface area contributed by atoms with E-state index in [2.05, 4.69) is 24.1 Å². The van der Waals surface area contributed by atoms with Gasteiger partial charge in [-0.25, -0.2) is 0 Å². The van der Waals surface area contributed by atoms with Crippen molar-refractivity contribution in [1.29, 1.82) is 0 Å². The largest absolute Gasteiger partial charge is 0.484 e. The Labute approximate surface area is 125 Å². The molecule has 2 rings (SSSR count). The number of nitrogens with zero attached hydrogens (tertiary/aromatic N) is 2. The molecule has 0 bridgehead atoms. The molecule has 1 aromatic carbocycles. The molecular formula is C15H23N3O3. The van der Waals surface area contributed by atoms with Crippen molar-refractivity contribution in [2.75, 3.05) is 18.0 Å². The number of nitro groups is 1. The van der Waals surface area contributed by atoms with Gasteiger partial charge >= 0.3 is 5.69 Å². The molecule has 6 heteroatoms. The molecule has 0 aliphatic carbocycles. The second-order valence-electron chi connectivity index (χ2n) is 5.86. The van der Waals surface area contributed by atoms with Crippen molar-refractivity contribution in [3.63, 3.8) is 0 Å². The standard InChI is InChI=1S/C15H23N3O3/c1-10(2)21-14-7-5-6-13(15(14)18(19)20)17-9-11(3)16-8-12(17)4/h5-7,10-12,16H,8-9H2,1-4H3. The minimum Gasteiger partial charge on any atom is -0.484 e. The highest BCUT2D eigenvalue weighted by molar-refractivity contribution is 5.70. The number of piperazine rings is 1. The highest BCUT2D eigenvalue weighted by Gasteiger charge is 2.30. The summed E-state index contributed by atoms with van der Waals surface area (Å²) in [6.07, 6.45) is -0.0988. The predicted molar refractivity (Wildman–Crippen MR) is 83.1 cm³/mol. The Morgan fingerprint density at radius 2 is 2.14 bits per heavy atom. The SMILES string of the molecule is CC1CN(c2cccc(OC(C)C)c2[N+](=O)[O-])C(C)CN1. The Morgan fingerprint density at radius 1 is 1.43 bits per heavy atom. The molecule has 0 saturated carbocycles. The van der Waals surface area contributed by atoms with Gasteiger partial charge in [-0.05, 0) is 39.8 Å². The van der Waals surface area contributed by atoms with Gasteiger partial charge in [0.1, 0.15) is 5.69 Å². The summed E-state index contributed by atoms with van der Waals surface area (Å²) in [6, 6.07) is 5.79. The van der Waals surface area contributed by atoms with Crippen LogP contribution >= 0.6 is 0 Å². The smallest absolute Gasteiger partial charge is 0.333 e. The monoisotopic (exact) mass is 293 g/mol. The lowest BCUT2D eigenvalue weighted by atomic mass is 10.1. The number of ether oxygens (including phenoxy) is 1. The lowest BCUT2D eigenvalue weighted by molar-refractivity contribution is -0.385. The van der Waals surface area contributed by atoms with Crippen molar-refractivity contribution in [2.24, 2.45) is 0 Å². The third-order valence-electron chi connectivity index (χ3n) is 3.60. The minimum absolute atomic E-state index is 0.0622. The second-order valence-corrected chi connectivity index (χ2v) is 5.86. The normalized spacial score (nSPS) is 22.4. The first-order chi connectivity index (χ1) is 9.90. The van der Waals surface area contributed by atoms with Gasteiger partial charge in [0.25, 0.3) is 0 Å². The van der Waals surface area contributed by atoms with E-state index in [1.54, 1.807) is 12.1 Å². The molecule has 116 valence electrons. The first-order valence-corrected chi connectivity index (χ1v) is 7.34. The van der Waals surface area contributed by atoms with Crippen molar-refractivity contribution in [1.82, 2.24) is 5.32 Å². The molecule has 0 amide bonds. The van der Waals surface area contributed by atoms with Gasteiger partial charge in [-0.2, -0.15) is 0 Å². The van der Waals surface area contributed by atoms with E-state index in [4.69, 9.17) is 4.74 Å². The van der Waals surface area contributed by atoms with E-state index in [1.165, 1.54) is 0 Å². The number of hydrogen-bond donors (Lipinski definition) is 1. The molecule has 1 fully saturated rings. The Balaban J connectivity index is 2.44. The molecule has 2 atom stereocenters. The van der Waals surface area contributed by atoms with Gasteiger partial charge in [-0.3, -0.25) is 10.1 Å². The summed E-state index contributed by atoms with van der Waals surface area (Å²) in [6.45, 7) is 9.44. The van der Waals surface area contributed by atoms with Crippen molar-refractivity contribution >= 4 is 11.4 Å². The number of anilines is 1. The molecule has 1 N–H and O–H groups in total. The van der Waals surface area contributed by atoms with Gasteiger partial charge in [-0.15, -0.1) is 0 Å². The fourth-order valence-electron chi connectivity index (χ4n) is 2.63. The number of para-hydroxylation sites is 1. The number of nitro benzene ring substituents is 1. The molecule has 6 nitrogen and oxygen atoms in total. The maximum absolute atomic E-state index is 11.5. The van der Waals surface area contributed by atoms with E-state index >= 15 is 0 Å². The van der Waals surface area contributed by atoms with Crippen molar-refractivity contribution in [3.05, 3.63) is 28.3 Å². The molecular weight excluding hydrogens is 270 g/mol. The molecule has 21 heavy (non-hydrogen) atoms. The molecule has 2 unspecified atom stereocenters. The van der Waals surface area contributed by atoms with Crippen LogP contribution in [0.25, 0.3) is 0 Å². The summed E-state index contributed by atoms with van der Waals surface area (Å²) < 4.78 is 5.62. The maximum atomic E-state index is 11.5. The van der Waals surface area contributed by atoms with Crippen LogP contribution in [0.1, 0.15) is 27.7 Å². The van der Waals surface area contributed by atoms with Gasteiger partial charge in [0.05, 0.1) is 11.0 Å². The molecule has 0 aromatic heterocycles. The van der Waals surface area contributed by atoms with E-state index in [1.807, 2.05) is 19.9 Å². The number of benzene rings is 1. The van der Waals surface area contributed by atoms with Gasteiger partial charge in [0.2, 0.25) is 0 Å². The lowest BCUT2D eigenvalue weighted by Gasteiger charge is -2.39. The topological polar surface area (TPSA) is 67.6 Å². The van der Waals surface area contributed by atoms with Crippen LogP contribution in [0.15, 0.2) is 18.2 Å². The van der Waals surface area contributed by atoms with Crippen LogP contribution in [0, 0.1) is 10.1 Å². The van der Waals surface area contributed by atoms with Crippen LogP contribution in [0.3, 0.4) is 0 Å². The summed E-state index contributed by atoms with van der Waals surface area (Å²) in [5.74, 6) is 0.339. The fourth-order valence-corrected chi connectivity index (χ4v) is 2.63. The van der Waals surface area contributed by atoms with Crippen molar-refractivity contribution in [2.45, 2.75) is 45.9 Å². The Morgan fingerprint density at radius 3 is 2.76 bits per heavy atom. The predicted octanol–water partition coefficient (Wildman–Crippen LogP) is 2.57. The summed E-state index contributed by atoms with van der Waals surface area (Å²) in [5.41, 5.74) is 0.700. The van der Waals surface area contributed by atoms with E-state index in [-0.39, 0.29) is 22.8 Å². The number of nitrogens with one attached hydrogen (secondary N) is 1. The zero-order valence-corrected chi connectivity index (χ0v) is 13.0. The van der Waals surface area contributed by atoms with Gasteiger partial charge in [0.15, 0.2) is 5.75 Å². The first kappa shape index (κ1) is 15.6. The molecule has 1 heterocycles. The zero-order chi connectivity index (χ0) is 15.6. The highest BCUT2D eigenvalue weighted by atomic mass is 16.6. The van der Waals surface area contributed by atoms with E-state index in [9.17, 15) is 10.1 Å². The number of hydrogen-bond acceptors (Lipinski definition) is 5. The van der Waals surface area contributed by atoms with Crippen molar-refractivity contribution < 1.29 is 9.66 Å². The van der Waals surface area contributed by atoms with Gasteiger partial charge in [-0.1, -0.05) is 6.07 Å². The van der Waals surface area contributed by atoms with Crippen LogP contribution in [0.5, 0.6) is 5.75 Å². The molecule has 1 aliphatic rings. The van der Waals surface area contributed by atoms with Crippen LogP contribution in [-0.4, -0.2) is 36.2 Å². The summed E-state index contributed by atoms with van der Waals surface area (Å²) in [4.78, 5) is 13.3. The average Bonchev–Trinajstić information content (AvgIpc) is 2.40. The lowest BCUT2D eigenvalue weighted by Crippen LogP contribution is -2.54. The maximum Gasteiger partial charge on any atom is 0.333 e. The van der Waals surface area contributed by atoms with Crippen LogP contribution in [0.2, 0.25) is 0 Å². The Bertz CT molecular complexity index is 519. The minimum atomic E-state index is -0.341. The third kappa shape index (κ3) is 3.44. The molecule has 0 radical (unpaired) electrons.